The monoisotopic (exact) mass is 523 g/mol. The maximum atomic E-state index is 13.4. The molecule has 0 bridgehead atoms. The molecule has 1 saturated heterocycles. The van der Waals surface area contributed by atoms with Crippen LogP contribution >= 0.6 is 11.3 Å². The van der Waals surface area contributed by atoms with Gasteiger partial charge in [-0.3, -0.25) is 14.5 Å². The van der Waals surface area contributed by atoms with Crippen molar-refractivity contribution < 1.29 is 33.6 Å². The first kappa shape index (κ1) is 24.6. The van der Waals surface area contributed by atoms with E-state index < -0.39 is 17.7 Å². The summed E-state index contributed by atoms with van der Waals surface area (Å²) in [5.41, 5.74) is 1.69. The number of Topliss-reactive ketones (excluding diaryl/α,β-unsaturated/α-hetero) is 1. The van der Waals surface area contributed by atoms with E-state index in [-0.39, 0.29) is 22.6 Å². The van der Waals surface area contributed by atoms with Crippen molar-refractivity contribution in [2.24, 2.45) is 0 Å². The van der Waals surface area contributed by atoms with Crippen molar-refractivity contribution in [1.29, 1.82) is 0 Å². The van der Waals surface area contributed by atoms with Crippen LogP contribution < -0.4 is 23.8 Å². The van der Waals surface area contributed by atoms with Gasteiger partial charge in [-0.2, -0.15) is 0 Å². The summed E-state index contributed by atoms with van der Waals surface area (Å²) in [6.07, 6.45) is 0.684. The number of aromatic nitrogens is 2. The number of aliphatic hydroxyl groups is 1. The van der Waals surface area contributed by atoms with Gasteiger partial charge >= 0.3 is 5.91 Å². The minimum Gasteiger partial charge on any atom is -0.507 e. The molecule has 11 heteroatoms. The fraction of sp³-hybridized carbons (Fsp3) is 0.308. The van der Waals surface area contributed by atoms with Crippen LogP contribution in [0.3, 0.4) is 0 Å². The first-order chi connectivity index (χ1) is 17.8. The lowest BCUT2D eigenvalue weighted by molar-refractivity contribution is -0.132. The number of carbonyl (C=O) groups excluding carboxylic acids is 2. The second-order valence-corrected chi connectivity index (χ2v) is 9.85. The molecule has 10 nitrogen and oxygen atoms in total. The molecule has 3 heterocycles. The third kappa shape index (κ3) is 4.05. The number of benzene rings is 2. The van der Waals surface area contributed by atoms with E-state index in [1.807, 2.05) is 6.92 Å². The average molecular weight is 524 g/mol. The molecule has 3 aromatic rings. The molecule has 192 valence electrons. The van der Waals surface area contributed by atoms with Crippen LogP contribution in [0.25, 0.3) is 5.76 Å². The van der Waals surface area contributed by atoms with Gasteiger partial charge in [0.25, 0.3) is 5.78 Å². The minimum atomic E-state index is -1.02. The van der Waals surface area contributed by atoms with Crippen molar-refractivity contribution in [3.63, 3.8) is 0 Å². The summed E-state index contributed by atoms with van der Waals surface area (Å²) in [6.45, 7) is 3.71. The zero-order valence-electron chi connectivity index (χ0n) is 20.9. The van der Waals surface area contributed by atoms with Crippen LogP contribution in [0, 0.1) is 6.92 Å². The highest BCUT2D eigenvalue weighted by Crippen LogP contribution is 2.47. The van der Waals surface area contributed by atoms with Gasteiger partial charge in [0.2, 0.25) is 10.9 Å². The molecular formula is C26H25N3O7S. The van der Waals surface area contributed by atoms with Crippen molar-refractivity contribution in [2.75, 3.05) is 26.2 Å². The Hall–Kier alpha value is -4.12. The molecule has 2 aromatic carbocycles. The molecule has 1 aromatic heterocycles. The summed E-state index contributed by atoms with van der Waals surface area (Å²) in [6, 6.07) is 7.47. The van der Waals surface area contributed by atoms with Gasteiger partial charge in [-0.1, -0.05) is 11.3 Å². The van der Waals surface area contributed by atoms with Crippen molar-refractivity contribution >= 4 is 33.9 Å². The predicted octanol–water partition coefficient (Wildman–Crippen LogP) is 3.82. The van der Waals surface area contributed by atoms with Crippen LogP contribution in [-0.4, -0.2) is 54.4 Å². The maximum absolute atomic E-state index is 13.4. The Kier molecular flexibility index (Phi) is 6.24. The highest BCUT2D eigenvalue weighted by Gasteiger charge is 2.49. The Morgan fingerprint density at radius 1 is 1.08 bits per heavy atom. The number of nitrogens with zero attached hydrogens (tertiary/aromatic N) is 3. The zero-order valence-corrected chi connectivity index (χ0v) is 21.7. The summed E-state index contributed by atoms with van der Waals surface area (Å²) >= 11 is 1.17. The summed E-state index contributed by atoms with van der Waals surface area (Å²) in [5.74, 6) is -0.216. The van der Waals surface area contributed by atoms with Gasteiger partial charge in [0.15, 0.2) is 11.5 Å². The second-order valence-electron chi connectivity index (χ2n) is 8.69. The number of fused-ring (bicyclic) bond motifs is 1. The van der Waals surface area contributed by atoms with E-state index in [2.05, 4.69) is 10.2 Å². The van der Waals surface area contributed by atoms with Gasteiger partial charge < -0.3 is 24.1 Å². The van der Waals surface area contributed by atoms with E-state index in [0.29, 0.717) is 39.8 Å². The molecule has 1 N–H and O–H groups in total. The van der Waals surface area contributed by atoms with Gasteiger partial charge in [-0.05, 0) is 55.3 Å². The molecule has 1 amide bonds. The predicted molar refractivity (Wildman–Crippen MR) is 136 cm³/mol. The molecule has 2 aliphatic rings. The number of rotatable bonds is 6. The molecule has 0 spiro atoms. The third-order valence-electron chi connectivity index (χ3n) is 6.34. The number of amides is 1. The van der Waals surface area contributed by atoms with Crippen LogP contribution in [0.15, 0.2) is 35.9 Å². The second kappa shape index (κ2) is 9.40. The highest BCUT2D eigenvalue weighted by atomic mass is 32.1. The van der Waals surface area contributed by atoms with E-state index in [0.717, 1.165) is 11.3 Å². The van der Waals surface area contributed by atoms with Crippen LogP contribution in [-0.2, 0) is 16.0 Å². The topological polar surface area (TPSA) is 120 Å². The Morgan fingerprint density at radius 3 is 2.38 bits per heavy atom. The van der Waals surface area contributed by atoms with Crippen LogP contribution in [0.1, 0.15) is 34.7 Å². The molecule has 0 saturated carbocycles. The van der Waals surface area contributed by atoms with Gasteiger partial charge in [0.1, 0.15) is 22.6 Å². The summed E-state index contributed by atoms with van der Waals surface area (Å²) < 4.78 is 22.2. The quantitative estimate of drug-likeness (QED) is 0.292. The number of ether oxygens (including phenoxy) is 4. The average Bonchev–Trinajstić information content (AvgIpc) is 3.56. The first-order valence-corrected chi connectivity index (χ1v) is 12.3. The van der Waals surface area contributed by atoms with Gasteiger partial charge in [0, 0.05) is 12.0 Å². The number of ketones is 1. The largest absolute Gasteiger partial charge is 0.507 e. The number of aryl methyl sites for hydroxylation is 1. The van der Waals surface area contributed by atoms with E-state index in [4.69, 9.17) is 18.9 Å². The Bertz CT molecular complexity index is 1420. The maximum Gasteiger partial charge on any atom is 0.301 e. The Labute approximate surface area is 217 Å². The molecule has 2 aliphatic heterocycles. The van der Waals surface area contributed by atoms with Crippen molar-refractivity contribution in [1.82, 2.24) is 10.2 Å². The number of aliphatic hydroxyl groups excluding tert-OH is 1. The molecular weight excluding hydrogens is 498 g/mol. The van der Waals surface area contributed by atoms with E-state index >= 15 is 0 Å². The van der Waals surface area contributed by atoms with Crippen LogP contribution in [0.2, 0.25) is 0 Å². The van der Waals surface area contributed by atoms with Crippen LogP contribution in [0.4, 0.5) is 5.13 Å². The standard InChI is InChI=1S/C26H25N3O7S/c1-12-8-15-9-14(6-7-17(15)36-12)22(30)20-21(16-10-18(33-3)24(35-5)19(11-16)34-4)29(25(32)23(20)31)26-28-27-13(2)37-26/h6-7,9-12,21,30H,8H2,1-5H3/t12-,21-/m0/s1. The van der Waals surface area contributed by atoms with E-state index in [1.165, 1.54) is 37.6 Å². The SMILES string of the molecule is COc1cc([C@H]2C(=C(O)c3ccc4c(c3)C[C@H](C)O4)C(=O)C(=O)N2c2nnc(C)s2)cc(OC)c1OC. The Balaban J connectivity index is 1.74. The number of methoxy groups -OCH3 is 3. The molecule has 2 atom stereocenters. The van der Waals surface area contributed by atoms with Gasteiger partial charge in [-0.25, -0.2) is 0 Å². The first-order valence-electron chi connectivity index (χ1n) is 11.5. The molecule has 37 heavy (non-hydrogen) atoms. The summed E-state index contributed by atoms with van der Waals surface area (Å²) in [4.78, 5) is 28.1. The van der Waals surface area contributed by atoms with Crippen molar-refractivity contribution in [3.8, 4) is 23.0 Å². The lowest BCUT2D eigenvalue weighted by Gasteiger charge is -2.24. The van der Waals surface area contributed by atoms with Crippen molar-refractivity contribution in [2.45, 2.75) is 32.4 Å². The van der Waals surface area contributed by atoms with Crippen molar-refractivity contribution in [3.05, 3.63) is 57.6 Å². The fourth-order valence-electron chi connectivity index (χ4n) is 4.71. The van der Waals surface area contributed by atoms with E-state index in [9.17, 15) is 14.7 Å². The normalized spacial score (nSPS) is 20.1. The number of carbonyl (C=O) groups is 2. The zero-order chi connectivity index (χ0) is 26.4. The van der Waals surface area contributed by atoms with Gasteiger partial charge in [-0.15, -0.1) is 10.2 Å². The lowest BCUT2D eigenvalue weighted by Crippen LogP contribution is -2.29. The third-order valence-corrected chi connectivity index (χ3v) is 7.18. The molecule has 1 fully saturated rings. The fourth-order valence-corrected chi connectivity index (χ4v) is 5.43. The number of hydrogen-bond donors (Lipinski definition) is 1. The number of hydrogen-bond acceptors (Lipinski definition) is 10. The van der Waals surface area contributed by atoms with E-state index in [1.54, 1.807) is 37.3 Å². The summed E-state index contributed by atoms with van der Waals surface area (Å²) in [7, 11) is 4.42. The van der Waals surface area contributed by atoms with Gasteiger partial charge in [0.05, 0.1) is 32.9 Å². The molecule has 0 unspecified atom stereocenters. The lowest BCUT2D eigenvalue weighted by atomic mass is 9.94. The smallest absolute Gasteiger partial charge is 0.301 e. The highest BCUT2D eigenvalue weighted by molar-refractivity contribution is 7.15. The van der Waals surface area contributed by atoms with Crippen LogP contribution in [0.5, 0.6) is 23.0 Å². The minimum absolute atomic E-state index is 0.0119. The molecule has 5 rings (SSSR count). The molecule has 0 aliphatic carbocycles. The molecule has 0 radical (unpaired) electrons. The summed E-state index contributed by atoms with van der Waals surface area (Å²) in [5, 5.41) is 20.5. The Morgan fingerprint density at radius 2 is 1.78 bits per heavy atom. The number of anilines is 1.